The van der Waals surface area contributed by atoms with Gasteiger partial charge in [0.25, 0.3) is 0 Å². The summed E-state index contributed by atoms with van der Waals surface area (Å²) in [7, 11) is 0. The van der Waals surface area contributed by atoms with Crippen molar-refractivity contribution in [3.05, 3.63) is 64.6 Å². The normalized spacial score (nSPS) is 11.4. The Kier molecular flexibility index (Phi) is 4.59. The van der Waals surface area contributed by atoms with Crippen molar-refractivity contribution < 1.29 is 19.1 Å². The minimum atomic E-state index is -0.552. The largest absolute Gasteiger partial charge is 0.452 e. The van der Waals surface area contributed by atoms with E-state index in [2.05, 4.69) is 4.98 Å². The number of nitrogens with zero attached hydrogens (tertiary/aromatic N) is 2. The first-order valence-electron chi connectivity index (χ1n) is 8.49. The number of hydrogen-bond acceptors (Lipinski definition) is 5. The molecule has 0 atom stereocenters. The summed E-state index contributed by atoms with van der Waals surface area (Å²) in [6, 6.07) is 12.8. The van der Waals surface area contributed by atoms with E-state index in [0.29, 0.717) is 23.0 Å². The van der Waals surface area contributed by atoms with Gasteiger partial charge in [-0.25, -0.2) is 9.78 Å². The second-order valence-electron chi connectivity index (χ2n) is 6.16. The first kappa shape index (κ1) is 17.6. The van der Waals surface area contributed by atoms with Gasteiger partial charge < -0.3 is 18.8 Å². The lowest BCUT2D eigenvalue weighted by Gasteiger charge is -2.08. The smallest absolute Gasteiger partial charge is 0.375 e. The number of fused-ring (bicyclic) bond motifs is 2. The zero-order valence-corrected chi connectivity index (χ0v) is 15.4. The molecule has 0 unspecified atom stereocenters. The van der Waals surface area contributed by atoms with Crippen LogP contribution in [0.1, 0.15) is 21.9 Å². The van der Waals surface area contributed by atoms with E-state index in [1.54, 1.807) is 22.8 Å². The van der Waals surface area contributed by atoms with Gasteiger partial charge in [0.1, 0.15) is 18.0 Å². The average molecular weight is 385 g/mol. The van der Waals surface area contributed by atoms with Gasteiger partial charge in [0.2, 0.25) is 5.76 Å². The lowest BCUT2D eigenvalue weighted by atomic mass is 10.1. The molecule has 4 aromatic rings. The number of aryl methyl sites for hydroxylation is 1. The molecule has 27 heavy (non-hydrogen) atoms. The summed E-state index contributed by atoms with van der Waals surface area (Å²) in [5.74, 6) is 0.164. The Balaban J connectivity index is 1.61. The Morgan fingerprint density at radius 2 is 2.11 bits per heavy atom. The lowest BCUT2D eigenvalue weighted by molar-refractivity contribution is 0.0422. The van der Waals surface area contributed by atoms with Crippen molar-refractivity contribution in [2.45, 2.75) is 20.1 Å². The van der Waals surface area contributed by atoms with Crippen LogP contribution in [-0.2, 0) is 17.9 Å². The van der Waals surface area contributed by atoms with Gasteiger partial charge in [-0.05, 0) is 31.2 Å². The van der Waals surface area contributed by atoms with Crippen LogP contribution in [0.2, 0.25) is 5.02 Å². The fraction of sp³-hybridized carbons (Fsp3) is 0.200. The zero-order valence-electron chi connectivity index (χ0n) is 14.6. The monoisotopic (exact) mass is 384 g/mol. The van der Waals surface area contributed by atoms with Gasteiger partial charge in [-0.2, -0.15) is 0 Å². The van der Waals surface area contributed by atoms with Crippen LogP contribution >= 0.6 is 11.6 Å². The summed E-state index contributed by atoms with van der Waals surface area (Å²) in [6.07, 6.45) is 0. The van der Waals surface area contributed by atoms with Crippen molar-refractivity contribution in [1.82, 2.24) is 9.55 Å². The van der Waals surface area contributed by atoms with Crippen molar-refractivity contribution in [2.24, 2.45) is 0 Å². The number of para-hydroxylation sites is 1. The molecular weight excluding hydrogens is 368 g/mol. The van der Waals surface area contributed by atoms with Gasteiger partial charge in [0.15, 0.2) is 0 Å². The van der Waals surface area contributed by atoms with Crippen LogP contribution in [0.5, 0.6) is 0 Å². The maximum Gasteiger partial charge on any atom is 0.375 e. The van der Waals surface area contributed by atoms with Crippen LogP contribution < -0.4 is 0 Å². The molecule has 0 bridgehead atoms. The number of aliphatic hydroxyl groups is 1. The minimum Gasteiger partial charge on any atom is -0.452 e. The molecule has 138 valence electrons. The molecular formula is C20H17ClN2O4. The maximum atomic E-state index is 12.5. The quantitative estimate of drug-likeness (QED) is 0.524. The van der Waals surface area contributed by atoms with E-state index in [-0.39, 0.29) is 19.0 Å². The summed E-state index contributed by atoms with van der Waals surface area (Å²) in [6.45, 7) is 2.04. The predicted octanol–water partition coefficient (Wildman–Crippen LogP) is 4.09. The second kappa shape index (κ2) is 7.06. The topological polar surface area (TPSA) is 77.5 Å². The number of halogens is 1. The van der Waals surface area contributed by atoms with E-state index in [9.17, 15) is 9.90 Å². The van der Waals surface area contributed by atoms with Crippen LogP contribution in [0, 0.1) is 6.92 Å². The number of hydrogen-bond donors (Lipinski definition) is 1. The minimum absolute atomic E-state index is 0.0401. The highest BCUT2D eigenvalue weighted by molar-refractivity contribution is 6.31. The fourth-order valence-corrected chi connectivity index (χ4v) is 3.34. The molecule has 2 aromatic carbocycles. The molecule has 1 N–H and O–H groups in total. The molecule has 0 saturated carbocycles. The van der Waals surface area contributed by atoms with Crippen molar-refractivity contribution in [2.75, 3.05) is 6.61 Å². The van der Waals surface area contributed by atoms with Crippen molar-refractivity contribution in [3.8, 4) is 0 Å². The van der Waals surface area contributed by atoms with Gasteiger partial charge in [0.05, 0.1) is 17.6 Å². The summed E-state index contributed by atoms with van der Waals surface area (Å²) < 4.78 is 12.9. The number of ether oxygens (including phenoxy) is 1. The maximum absolute atomic E-state index is 12.5. The van der Waals surface area contributed by atoms with Crippen LogP contribution in [0.25, 0.3) is 22.0 Å². The molecule has 7 heteroatoms. The highest BCUT2D eigenvalue weighted by Crippen LogP contribution is 2.26. The fourth-order valence-electron chi connectivity index (χ4n) is 3.17. The number of carbonyl (C=O) groups excluding carboxylic acids is 1. The molecule has 0 spiro atoms. The molecule has 2 heterocycles. The Bertz CT molecular complexity index is 1150. The molecule has 2 aromatic heterocycles. The molecule has 0 saturated heterocycles. The molecule has 0 fully saturated rings. The Hall–Kier alpha value is -2.83. The van der Waals surface area contributed by atoms with Crippen LogP contribution in [-0.4, -0.2) is 27.2 Å². The average Bonchev–Trinajstić information content (AvgIpc) is 3.18. The Labute approximate surface area is 159 Å². The van der Waals surface area contributed by atoms with E-state index < -0.39 is 5.97 Å². The Morgan fingerprint density at radius 1 is 1.30 bits per heavy atom. The number of aliphatic hydroxyl groups excluding tert-OH is 1. The predicted molar refractivity (Wildman–Crippen MR) is 102 cm³/mol. The summed E-state index contributed by atoms with van der Waals surface area (Å²) >= 11 is 6.06. The summed E-state index contributed by atoms with van der Waals surface area (Å²) in [5.41, 5.74) is 2.89. The third-order valence-electron chi connectivity index (χ3n) is 4.47. The van der Waals surface area contributed by atoms with E-state index >= 15 is 0 Å². The third-order valence-corrected chi connectivity index (χ3v) is 4.71. The first-order chi connectivity index (χ1) is 13.1. The molecule has 4 rings (SSSR count). The SMILES string of the molecule is Cc1c(C(=O)OCc2nc3ccc(Cl)cc3n2CCO)oc2ccccc12. The molecule has 0 radical (unpaired) electrons. The zero-order chi connectivity index (χ0) is 19.0. The summed E-state index contributed by atoms with van der Waals surface area (Å²) in [5, 5.41) is 10.8. The molecule has 0 aliphatic rings. The highest BCUT2D eigenvalue weighted by atomic mass is 35.5. The second-order valence-corrected chi connectivity index (χ2v) is 6.60. The molecule has 0 aliphatic carbocycles. The van der Waals surface area contributed by atoms with Gasteiger partial charge in [-0.3, -0.25) is 0 Å². The van der Waals surface area contributed by atoms with Crippen molar-refractivity contribution in [3.63, 3.8) is 0 Å². The van der Waals surface area contributed by atoms with E-state index in [1.807, 2.05) is 31.2 Å². The Morgan fingerprint density at radius 3 is 2.89 bits per heavy atom. The van der Waals surface area contributed by atoms with E-state index in [1.165, 1.54) is 0 Å². The lowest BCUT2D eigenvalue weighted by Crippen LogP contribution is -2.11. The van der Waals surface area contributed by atoms with Crippen molar-refractivity contribution >= 4 is 39.6 Å². The first-order valence-corrected chi connectivity index (χ1v) is 8.87. The van der Waals surface area contributed by atoms with Crippen molar-refractivity contribution in [1.29, 1.82) is 0 Å². The summed E-state index contributed by atoms with van der Waals surface area (Å²) in [4.78, 5) is 17.0. The van der Waals surface area contributed by atoms with Gasteiger partial charge >= 0.3 is 5.97 Å². The van der Waals surface area contributed by atoms with Crippen LogP contribution in [0.15, 0.2) is 46.9 Å². The van der Waals surface area contributed by atoms with Crippen LogP contribution in [0.3, 0.4) is 0 Å². The standard InChI is InChI=1S/C20H17ClN2O4/c1-12-14-4-2-3-5-17(14)27-19(12)20(25)26-11-18-22-15-7-6-13(21)10-16(15)23(18)8-9-24/h2-7,10,24H,8-9,11H2,1H3. The van der Waals surface area contributed by atoms with E-state index in [0.717, 1.165) is 22.0 Å². The third kappa shape index (κ3) is 3.18. The van der Waals surface area contributed by atoms with E-state index in [4.69, 9.17) is 20.8 Å². The number of carbonyl (C=O) groups is 1. The number of aromatic nitrogens is 2. The van der Waals surface area contributed by atoms with Gasteiger partial charge in [-0.1, -0.05) is 29.8 Å². The van der Waals surface area contributed by atoms with Gasteiger partial charge in [0, 0.05) is 22.5 Å². The number of rotatable bonds is 5. The number of imidazole rings is 1. The molecule has 6 nitrogen and oxygen atoms in total. The number of benzene rings is 2. The number of furan rings is 1. The number of esters is 1. The van der Waals surface area contributed by atoms with Gasteiger partial charge in [-0.15, -0.1) is 0 Å². The molecule has 0 amide bonds. The highest BCUT2D eigenvalue weighted by Gasteiger charge is 2.20. The van der Waals surface area contributed by atoms with Crippen LogP contribution in [0.4, 0.5) is 0 Å². The molecule has 0 aliphatic heterocycles.